The third-order valence-corrected chi connectivity index (χ3v) is 2.61. The van der Waals surface area contributed by atoms with Gasteiger partial charge < -0.3 is 10.4 Å². The van der Waals surface area contributed by atoms with Gasteiger partial charge in [0.25, 0.3) is 0 Å². The number of aliphatic hydroxyl groups is 1. The Labute approximate surface area is 109 Å². The number of carbonyl (C=O) groups is 1. The number of nitrogens with one attached hydrogen (secondary N) is 1. The van der Waals surface area contributed by atoms with Crippen LogP contribution in [-0.4, -0.2) is 24.2 Å². The molecule has 0 fully saturated rings. The van der Waals surface area contributed by atoms with Crippen LogP contribution in [0.5, 0.6) is 0 Å². The van der Waals surface area contributed by atoms with Gasteiger partial charge in [-0.1, -0.05) is 49.4 Å². The maximum absolute atomic E-state index is 11.4. The summed E-state index contributed by atoms with van der Waals surface area (Å²) in [4.78, 5) is 11.4. The van der Waals surface area contributed by atoms with E-state index in [1.807, 2.05) is 49.4 Å². The first-order valence-electron chi connectivity index (χ1n) is 6.31. The number of hydrogen-bond donors (Lipinski definition) is 2. The third kappa shape index (κ3) is 6.21. The maximum atomic E-state index is 11.4. The van der Waals surface area contributed by atoms with Crippen molar-refractivity contribution >= 4 is 12.0 Å². The molecule has 2 N–H and O–H groups in total. The van der Waals surface area contributed by atoms with Gasteiger partial charge in [-0.05, 0) is 17.9 Å². The fourth-order valence-corrected chi connectivity index (χ4v) is 1.44. The summed E-state index contributed by atoms with van der Waals surface area (Å²) in [5.74, 6) is 0.154. The molecule has 0 aliphatic rings. The van der Waals surface area contributed by atoms with Crippen LogP contribution in [0.25, 0.3) is 6.08 Å². The number of rotatable bonds is 7. The SMILES string of the molecule is CC(CO)CNC(=O)CC/C=C/c1ccccc1. The molecule has 1 aromatic carbocycles. The number of hydrogen-bond acceptors (Lipinski definition) is 2. The average Bonchev–Trinajstić information content (AvgIpc) is 2.42. The molecule has 0 aromatic heterocycles. The van der Waals surface area contributed by atoms with Gasteiger partial charge in [0.2, 0.25) is 5.91 Å². The van der Waals surface area contributed by atoms with Crippen LogP contribution < -0.4 is 5.32 Å². The molecule has 1 rings (SSSR count). The molecule has 0 aliphatic heterocycles. The predicted octanol–water partition coefficient (Wildman–Crippen LogP) is 2.22. The zero-order chi connectivity index (χ0) is 13.2. The highest BCUT2D eigenvalue weighted by atomic mass is 16.3. The molecule has 0 bridgehead atoms. The molecule has 1 amide bonds. The molecule has 98 valence electrons. The van der Waals surface area contributed by atoms with E-state index in [0.29, 0.717) is 13.0 Å². The smallest absolute Gasteiger partial charge is 0.220 e. The zero-order valence-corrected chi connectivity index (χ0v) is 10.8. The van der Waals surface area contributed by atoms with Crippen LogP contribution in [0.4, 0.5) is 0 Å². The largest absolute Gasteiger partial charge is 0.396 e. The molecule has 0 radical (unpaired) electrons. The van der Waals surface area contributed by atoms with Crippen molar-refractivity contribution in [3.8, 4) is 0 Å². The Morgan fingerprint density at radius 1 is 1.39 bits per heavy atom. The summed E-state index contributed by atoms with van der Waals surface area (Å²) in [6, 6.07) is 10.0. The minimum Gasteiger partial charge on any atom is -0.396 e. The van der Waals surface area contributed by atoms with E-state index in [0.717, 1.165) is 12.0 Å². The molecule has 1 aromatic rings. The van der Waals surface area contributed by atoms with Gasteiger partial charge in [-0.2, -0.15) is 0 Å². The van der Waals surface area contributed by atoms with Gasteiger partial charge in [0, 0.05) is 19.6 Å². The second-order valence-corrected chi connectivity index (χ2v) is 4.44. The molecule has 1 atom stereocenters. The van der Waals surface area contributed by atoms with Crippen molar-refractivity contribution in [2.45, 2.75) is 19.8 Å². The molecule has 0 saturated carbocycles. The number of carbonyl (C=O) groups excluding carboxylic acids is 1. The first-order valence-corrected chi connectivity index (χ1v) is 6.31. The van der Waals surface area contributed by atoms with Crippen LogP contribution in [0.2, 0.25) is 0 Å². The van der Waals surface area contributed by atoms with Crippen molar-refractivity contribution < 1.29 is 9.90 Å². The van der Waals surface area contributed by atoms with Crippen LogP contribution in [0, 0.1) is 5.92 Å². The van der Waals surface area contributed by atoms with Crippen molar-refractivity contribution in [3.63, 3.8) is 0 Å². The van der Waals surface area contributed by atoms with Crippen molar-refractivity contribution in [1.29, 1.82) is 0 Å². The standard InChI is InChI=1S/C15H21NO2/c1-13(12-17)11-16-15(18)10-6-5-9-14-7-3-2-4-8-14/h2-5,7-9,13,17H,6,10-12H2,1H3,(H,16,18)/b9-5+. The highest BCUT2D eigenvalue weighted by Gasteiger charge is 2.03. The predicted molar refractivity (Wildman–Crippen MR) is 74.0 cm³/mol. The maximum Gasteiger partial charge on any atom is 0.220 e. The summed E-state index contributed by atoms with van der Waals surface area (Å²) in [5, 5.41) is 11.6. The number of amides is 1. The van der Waals surface area contributed by atoms with Crippen molar-refractivity contribution in [2.75, 3.05) is 13.2 Å². The van der Waals surface area contributed by atoms with Crippen molar-refractivity contribution in [3.05, 3.63) is 42.0 Å². The normalized spacial score (nSPS) is 12.6. The van der Waals surface area contributed by atoms with Crippen LogP contribution in [-0.2, 0) is 4.79 Å². The van der Waals surface area contributed by atoms with Gasteiger partial charge in [0.1, 0.15) is 0 Å². The molecular formula is C15H21NO2. The van der Waals surface area contributed by atoms with E-state index >= 15 is 0 Å². The fourth-order valence-electron chi connectivity index (χ4n) is 1.44. The second-order valence-electron chi connectivity index (χ2n) is 4.44. The lowest BCUT2D eigenvalue weighted by Crippen LogP contribution is -2.29. The second kappa shape index (κ2) is 8.48. The number of aliphatic hydroxyl groups excluding tert-OH is 1. The van der Waals surface area contributed by atoms with E-state index in [9.17, 15) is 4.79 Å². The Bertz CT molecular complexity index is 373. The van der Waals surface area contributed by atoms with E-state index in [4.69, 9.17) is 5.11 Å². The van der Waals surface area contributed by atoms with Gasteiger partial charge in [-0.25, -0.2) is 0 Å². The lowest BCUT2D eigenvalue weighted by atomic mass is 10.1. The van der Waals surface area contributed by atoms with Gasteiger partial charge in [-0.3, -0.25) is 4.79 Å². The van der Waals surface area contributed by atoms with Crippen molar-refractivity contribution in [2.24, 2.45) is 5.92 Å². The van der Waals surface area contributed by atoms with E-state index < -0.39 is 0 Å². The lowest BCUT2D eigenvalue weighted by molar-refractivity contribution is -0.121. The number of allylic oxidation sites excluding steroid dienone is 1. The van der Waals surface area contributed by atoms with E-state index in [1.165, 1.54) is 0 Å². The van der Waals surface area contributed by atoms with Crippen molar-refractivity contribution in [1.82, 2.24) is 5.32 Å². The summed E-state index contributed by atoms with van der Waals surface area (Å²) in [6.45, 7) is 2.54. The summed E-state index contributed by atoms with van der Waals surface area (Å²) in [6.07, 6.45) is 5.24. The minimum absolute atomic E-state index is 0.0352. The highest BCUT2D eigenvalue weighted by Crippen LogP contribution is 2.03. The molecule has 0 heterocycles. The average molecular weight is 247 g/mol. The number of benzene rings is 1. The molecule has 0 spiro atoms. The summed E-state index contributed by atoms with van der Waals surface area (Å²) in [7, 11) is 0. The summed E-state index contributed by atoms with van der Waals surface area (Å²) in [5.41, 5.74) is 1.15. The zero-order valence-electron chi connectivity index (χ0n) is 10.8. The highest BCUT2D eigenvalue weighted by molar-refractivity contribution is 5.76. The lowest BCUT2D eigenvalue weighted by Gasteiger charge is -2.08. The van der Waals surface area contributed by atoms with E-state index in [1.54, 1.807) is 0 Å². The quantitative estimate of drug-likeness (QED) is 0.776. The van der Waals surface area contributed by atoms with Crippen LogP contribution >= 0.6 is 0 Å². The molecule has 18 heavy (non-hydrogen) atoms. The topological polar surface area (TPSA) is 49.3 Å². The summed E-state index contributed by atoms with van der Waals surface area (Å²) < 4.78 is 0. The Morgan fingerprint density at radius 2 is 2.11 bits per heavy atom. The van der Waals surface area contributed by atoms with Gasteiger partial charge in [0.05, 0.1) is 0 Å². The molecule has 3 nitrogen and oxygen atoms in total. The molecule has 3 heteroatoms. The molecule has 0 saturated heterocycles. The van der Waals surface area contributed by atoms with E-state index in [2.05, 4.69) is 5.32 Å². The fraction of sp³-hybridized carbons (Fsp3) is 0.400. The van der Waals surface area contributed by atoms with Gasteiger partial charge in [-0.15, -0.1) is 0 Å². The van der Waals surface area contributed by atoms with Crippen LogP contribution in [0.1, 0.15) is 25.3 Å². The Morgan fingerprint density at radius 3 is 2.78 bits per heavy atom. The summed E-state index contributed by atoms with van der Waals surface area (Å²) >= 11 is 0. The van der Waals surface area contributed by atoms with Crippen LogP contribution in [0.15, 0.2) is 36.4 Å². The minimum atomic E-state index is 0.0352. The Kier molecular flexibility index (Phi) is 6.81. The first kappa shape index (κ1) is 14.5. The van der Waals surface area contributed by atoms with Crippen LogP contribution in [0.3, 0.4) is 0 Å². The molecule has 1 unspecified atom stereocenters. The molecule has 0 aliphatic carbocycles. The third-order valence-electron chi connectivity index (χ3n) is 2.61. The Balaban J connectivity index is 2.17. The molecular weight excluding hydrogens is 226 g/mol. The Hall–Kier alpha value is -1.61. The van der Waals surface area contributed by atoms with Gasteiger partial charge in [0.15, 0.2) is 0 Å². The first-order chi connectivity index (χ1) is 8.72. The van der Waals surface area contributed by atoms with Gasteiger partial charge >= 0.3 is 0 Å². The monoisotopic (exact) mass is 247 g/mol. The van der Waals surface area contributed by atoms with E-state index in [-0.39, 0.29) is 18.4 Å².